The molecule has 0 saturated carbocycles. The number of benzene rings is 3. The van der Waals surface area contributed by atoms with Gasteiger partial charge in [0.05, 0.1) is 24.3 Å². The van der Waals surface area contributed by atoms with Gasteiger partial charge in [0.15, 0.2) is 0 Å². The zero-order valence-electron chi connectivity index (χ0n) is 15.2. The maximum atomic E-state index is 9.50. The molecule has 0 atom stereocenters. The van der Waals surface area contributed by atoms with Crippen molar-refractivity contribution in [1.29, 1.82) is 0 Å². The summed E-state index contributed by atoms with van der Waals surface area (Å²) < 4.78 is 2.17. The van der Waals surface area contributed by atoms with Crippen molar-refractivity contribution in [2.75, 3.05) is 13.2 Å². The first kappa shape index (κ1) is 17.0. The van der Waals surface area contributed by atoms with E-state index in [1.165, 1.54) is 32.4 Å². The Labute approximate surface area is 152 Å². The summed E-state index contributed by atoms with van der Waals surface area (Å²) in [7, 11) is 2.07. The molecule has 0 aliphatic rings. The second-order valence-electron chi connectivity index (χ2n) is 7.34. The van der Waals surface area contributed by atoms with Gasteiger partial charge in [0.25, 0.3) is 0 Å². The van der Waals surface area contributed by atoms with E-state index in [9.17, 15) is 10.2 Å². The van der Waals surface area contributed by atoms with Crippen LogP contribution in [-0.2, 0) is 13.6 Å². The fourth-order valence-electron chi connectivity index (χ4n) is 3.69. The van der Waals surface area contributed by atoms with Crippen LogP contribution in [0, 0.1) is 0 Å². The largest absolute Gasteiger partial charge is 0.394 e. The molecule has 3 aromatic carbocycles. The van der Waals surface area contributed by atoms with E-state index in [4.69, 9.17) is 0 Å². The Kier molecular flexibility index (Phi) is 4.19. The van der Waals surface area contributed by atoms with Crippen molar-refractivity contribution in [2.24, 2.45) is 7.05 Å². The average Bonchev–Trinajstić information content (AvgIpc) is 3.02. The van der Waals surface area contributed by atoms with E-state index in [2.05, 4.69) is 71.7 Å². The lowest BCUT2D eigenvalue weighted by molar-refractivity contribution is 0.103. The number of aromatic nitrogens is 1. The Hall–Kier alpha value is -2.40. The SMILES string of the molecule is Cn1cc(CNC(C)(CO)CO)c2ccc3c4ccccc4ccc3c21. The second-order valence-corrected chi connectivity index (χ2v) is 7.34. The molecule has 4 nitrogen and oxygen atoms in total. The third kappa shape index (κ3) is 2.67. The van der Waals surface area contributed by atoms with Gasteiger partial charge in [-0.25, -0.2) is 0 Å². The number of nitrogens with one attached hydrogen (secondary N) is 1. The molecule has 0 amide bonds. The summed E-state index contributed by atoms with van der Waals surface area (Å²) >= 11 is 0. The monoisotopic (exact) mass is 348 g/mol. The molecule has 0 spiro atoms. The van der Waals surface area contributed by atoms with Crippen LogP contribution in [0.3, 0.4) is 0 Å². The number of hydrogen-bond acceptors (Lipinski definition) is 3. The van der Waals surface area contributed by atoms with Crippen molar-refractivity contribution in [3.8, 4) is 0 Å². The van der Waals surface area contributed by atoms with Crippen LogP contribution in [0.15, 0.2) is 54.7 Å². The minimum Gasteiger partial charge on any atom is -0.394 e. The van der Waals surface area contributed by atoms with Gasteiger partial charge in [0.1, 0.15) is 0 Å². The molecule has 0 radical (unpaired) electrons. The Morgan fingerprint density at radius 3 is 2.35 bits per heavy atom. The molecule has 0 aliphatic heterocycles. The third-order valence-corrected chi connectivity index (χ3v) is 5.35. The summed E-state index contributed by atoms with van der Waals surface area (Å²) in [5.41, 5.74) is 1.68. The standard InChI is InChI=1S/C22H24N2O2/c1-22(13-25,14-26)23-11-16-12-24(2)21-18(16)9-10-19-17-6-4-3-5-15(17)7-8-20(19)21/h3-10,12,23,25-26H,11,13-14H2,1-2H3. The second kappa shape index (κ2) is 6.40. The number of aryl methyl sites for hydroxylation is 1. The van der Waals surface area contributed by atoms with Gasteiger partial charge in [-0.1, -0.05) is 48.5 Å². The number of fused-ring (bicyclic) bond motifs is 5. The van der Waals surface area contributed by atoms with Crippen LogP contribution in [0.5, 0.6) is 0 Å². The van der Waals surface area contributed by atoms with Gasteiger partial charge in [-0.05, 0) is 28.6 Å². The van der Waals surface area contributed by atoms with Crippen LogP contribution in [0.4, 0.5) is 0 Å². The number of nitrogens with zero attached hydrogens (tertiary/aromatic N) is 1. The highest BCUT2D eigenvalue weighted by Crippen LogP contribution is 2.33. The highest BCUT2D eigenvalue weighted by molar-refractivity contribution is 6.16. The Morgan fingerprint density at radius 1 is 0.885 bits per heavy atom. The van der Waals surface area contributed by atoms with Gasteiger partial charge in [-0.3, -0.25) is 0 Å². The summed E-state index contributed by atoms with van der Waals surface area (Å²) in [4.78, 5) is 0. The van der Waals surface area contributed by atoms with E-state index in [-0.39, 0.29) is 13.2 Å². The first-order valence-corrected chi connectivity index (χ1v) is 8.91. The predicted octanol–water partition coefficient (Wildman–Crippen LogP) is 3.32. The van der Waals surface area contributed by atoms with Crippen molar-refractivity contribution in [2.45, 2.75) is 19.0 Å². The molecule has 3 N–H and O–H groups in total. The first-order valence-electron chi connectivity index (χ1n) is 8.91. The zero-order valence-corrected chi connectivity index (χ0v) is 15.2. The normalized spacial score (nSPS) is 12.5. The molecule has 1 aromatic heterocycles. The van der Waals surface area contributed by atoms with Gasteiger partial charge in [-0.15, -0.1) is 0 Å². The summed E-state index contributed by atoms with van der Waals surface area (Å²) in [5.74, 6) is 0. The average molecular weight is 348 g/mol. The molecule has 4 aromatic rings. The molecule has 4 rings (SSSR count). The summed E-state index contributed by atoms with van der Waals surface area (Å²) in [6.07, 6.45) is 2.13. The van der Waals surface area contributed by atoms with Crippen molar-refractivity contribution in [1.82, 2.24) is 9.88 Å². The fourth-order valence-corrected chi connectivity index (χ4v) is 3.69. The van der Waals surface area contributed by atoms with Crippen LogP contribution in [0.2, 0.25) is 0 Å². The van der Waals surface area contributed by atoms with E-state index in [1.54, 1.807) is 0 Å². The lowest BCUT2D eigenvalue weighted by Crippen LogP contribution is -2.48. The number of rotatable bonds is 5. The number of aliphatic hydroxyl groups is 2. The maximum absolute atomic E-state index is 9.50. The van der Waals surface area contributed by atoms with Crippen molar-refractivity contribution >= 4 is 32.4 Å². The minimum atomic E-state index is -0.685. The van der Waals surface area contributed by atoms with Gasteiger partial charge in [0, 0.05) is 30.6 Å². The molecule has 0 saturated heterocycles. The molecule has 0 bridgehead atoms. The quantitative estimate of drug-likeness (QED) is 0.485. The predicted molar refractivity (Wildman–Crippen MR) is 107 cm³/mol. The summed E-state index contributed by atoms with van der Waals surface area (Å²) in [6, 6.07) is 17.2. The van der Waals surface area contributed by atoms with Crippen LogP contribution < -0.4 is 5.32 Å². The van der Waals surface area contributed by atoms with Gasteiger partial charge < -0.3 is 20.1 Å². The molecule has 26 heavy (non-hydrogen) atoms. The van der Waals surface area contributed by atoms with E-state index in [0.717, 1.165) is 5.56 Å². The van der Waals surface area contributed by atoms with E-state index in [1.807, 2.05) is 6.92 Å². The van der Waals surface area contributed by atoms with Crippen molar-refractivity contribution < 1.29 is 10.2 Å². The molecule has 0 unspecified atom stereocenters. The lowest BCUT2D eigenvalue weighted by Gasteiger charge is -2.26. The topological polar surface area (TPSA) is 57.4 Å². The van der Waals surface area contributed by atoms with Gasteiger partial charge >= 0.3 is 0 Å². The van der Waals surface area contributed by atoms with E-state index >= 15 is 0 Å². The molecular formula is C22H24N2O2. The van der Waals surface area contributed by atoms with Crippen molar-refractivity contribution in [3.63, 3.8) is 0 Å². The van der Waals surface area contributed by atoms with Crippen LogP contribution >= 0.6 is 0 Å². The summed E-state index contributed by atoms with van der Waals surface area (Å²) in [6.45, 7) is 2.19. The lowest BCUT2D eigenvalue weighted by atomic mass is 9.99. The number of hydrogen-bond donors (Lipinski definition) is 3. The van der Waals surface area contributed by atoms with Crippen LogP contribution in [0.1, 0.15) is 12.5 Å². The molecular weight excluding hydrogens is 324 g/mol. The van der Waals surface area contributed by atoms with Gasteiger partial charge in [-0.2, -0.15) is 0 Å². The van der Waals surface area contributed by atoms with E-state index in [0.29, 0.717) is 6.54 Å². The highest BCUT2D eigenvalue weighted by Gasteiger charge is 2.22. The Morgan fingerprint density at radius 2 is 1.58 bits per heavy atom. The third-order valence-electron chi connectivity index (χ3n) is 5.35. The number of aliphatic hydroxyl groups excluding tert-OH is 2. The van der Waals surface area contributed by atoms with Crippen LogP contribution in [0.25, 0.3) is 32.4 Å². The molecule has 134 valence electrons. The fraction of sp³-hybridized carbons (Fsp3) is 0.273. The highest BCUT2D eigenvalue weighted by atomic mass is 16.3. The molecule has 1 heterocycles. The Bertz CT molecular complexity index is 1090. The maximum Gasteiger partial charge on any atom is 0.0633 e. The van der Waals surface area contributed by atoms with Gasteiger partial charge in [0.2, 0.25) is 0 Å². The smallest absolute Gasteiger partial charge is 0.0633 e. The minimum absolute atomic E-state index is 0.108. The van der Waals surface area contributed by atoms with Crippen molar-refractivity contribution in [3.05, 3.63) is 60.3 Å². The van der Waals surface area contributed by atoms with Crippen LogP contribution in [-0.4, -0.2) is 33.5 Å². The molecule has 4 heteroatoms. The molecule has 0 aliphatic carbocycles. The summed E-state index contributed by atoms with van der Waals surface area (Å²) in [5, 5.41) is 28.5. The van der Waals surface area contributed by atoms with E-state index < -0.39 is 5.54 Å². The zero-order chi connectivity index (χ0) is 18.3. The molecule has 0 fully saturated rings. The Balaban J connectivity index is 1.85. The first-order chi connectivity index (χ1) is 12.6.